The van der Waals surface area contributed by atoms with Crippen LogP contribution in [0, 0.1) is 5.92 Å². The number of carbonyl (C=O) groups excluding carboxylic acids is 3. The molecule has 1 saturated heterocycles. The molecule has 6 heteroatoms. The maximum absolute atomic E-state index is 12.3. The van der Waals surface area contributed by atoms with Gasteiger partial charge in [0, 0.05) is 11.6 Å². The Kier molecular flexibility index (Phi) is 3.90. The molecule has 0 unspecified atom stereocenters. The second-order valence-corrected chi connectivity index (χ2v) is 6.08. The van der Waals surface area contributed by atoms with Crippen LogP contribution in [0.15, 0.2) is 36.4 Å². The van der Waals surface area contributed by atoms with Crippen molar-refractivity contribution in [3.8, 4) is 0 Å². The van der Waals surface area contributed by atoms with Crippen molar-refractivity contribution in [2.75, 3.05) is 5.32 Å². The van der Waals surface area contributed by atoms with E-state index in [-0.39, 0.29) is 11.8 Å². The molecule has 2 aliphatic rings. The number of allylic oxidation sites excluding steroid dienone is 2. The van der Waals surface area contributed by atoms with E-state index in [0.717, 1.165) is 19.3 Å². The highest BCUT2D eigenvalue weighted by Gasteiger charge is 2.43. The molecule has 0 spiro atoms. The van der Waals surface area contributed by atoms with Crippen LogP contribution in [0.1, 0.15) is 31.7 Å². The Hall–Kier alpha value is -2.63. The van der Waals surface area contributed by atoms with Crippen molar-refractivity contribution in [1.29, 1.82) is 0 Å². The normalized spacial score (nSPS) is 26.6. The van der Waals surface area contributed by atoms with E-state index in [1.54, 1.807) is 31.2 Å². The van der Waals surface area contributed by atoms with Crippen LogP contribution in [0.4, 0.5) is 10.5 Å². The standard InChI is InChI=1S/C17H19N3O3/c1-17(15(22)19-16(23)20-17)12-8-5-9-13(10-12)18-14(21)11-6-3-2-4-7-11/h2-3,5,8-11H,4,6-7H2,1H3,(H,18,21)(H2,19,20,22,23)/t11-,17-/m1/s1. The number of nitrogens with one attached hydrogen (secondary N) is 3. The molecule has 0 bridgehead atoms. The van der Waals surface area contributed by atoms with Crippen molar-refractivity contribution in [3.63, 3.8) is 0 Å². The second kappa shape index (κ2) is 5.87. The molecule has 1 aromatic rings. The van der Waals surface area contributed by atoms with Crippen molar-refractivity contribution >= 4 is 23.5 Å². The minimum Gasteiger partial charge on any atom is -0.326 e. The van der Waals surface area contributed by atoms with E-state index < -0.39 is 17.5 Å². The molecule has 1 aliphatic heterocycles. The summed E-state index contributed by atoms with van der Waals surface area (Å²) in [5.41, 5.74) is 0.130. The van der Waals surface area contributed by atoms with Crippen molar-refractivity contribution in [1.82, 2.24) is 10.6 Å². The molecule has 1 aliphatic carbocycles. The van der Waals surface area contributed by atoms with Gasteiger partial charge in [0.2, 0.25) is 5.91 Å². The number of hydrogen-bond acceptors (Lipinski definition) is 3. The SMILES string of the molecule is C[C@]1(c2cccc(NC(=O)[C@@H]3CC=CCC3)c2)NC(=O)NC1=O. The first kappa shape index (κ1) is 15.3. The highest BCUT2D eigenvalue weighted by Crippen LogP contribution is 2.27. The molecule has 23 heavy (non-hydrogen) atoms. The lowest BCUT2D eigenvalue weighted by atomic mass is 9.91. The van der Waals surface area contributed by atoms with Crippen molar-refractivity contribution < 1.29 is 14.4 Å². The Morgan fingerprint density at radius 1 is 1.30 bits per heavy atom. The molecular formula is C17H19N3O3. The molecule has 0 aromatic heterocycles. The van der Waals surface area contributed by atoms with E-state index in [2.05, 4.69) is 22.0 Å². The van der Waals surface area contributed by atoms with Gasteiger partial charge in [0.1, 0.15) is 5.54 Å². The lowest BCUT2D eigenvalue weighted by Crippen LogP contribution is -2.40. The zero-order valence-corrected chi connectivity index (χ0v) is 12.9. The van der Waals surface area contributed by atoms with Gasteiger partial charge in [-0.2, -0.15) is 0 Å². The summed E-state index contributed by atoms with van der Waals surface area (Å²) in [6.07, 6.45) is 6.64. The van der Waals surface area contributed by atoms with Gasteiger partial charge in [-0.3, -0.25) is 14.9 Å². The highest BCUT2D eigenvalue weighted by atomic mass is 16.2. The number of carbonyl (C=O) groups is 3. The molecule has 1 heterocycles. The van der Waals surface area contributed by atoms with Crippen LogP contribution in [-0.2, 0) is 15.1 Å². The summed E-state index contributed by atoms with van der Waals surface area (Å²) < 4.78 is 0. The predicted octanol–water partition coefficient (Wildman–Crippen LogP) is 2.04. The largest absolute Gasteiger partial charge is 0.326 e. The zero-order chi connectivity index (χ0) is 16.4. The first-order valence-corrected chi connectivity index (χ1v) is 7.69. The third kappa shape index (κ3) is 2.97. The summed E-state index contributed by atoms with van der Waals surface area (Å²) in [4.78, 5) is 35.7. The van der Waals surface area contributed by atoms with Gasteiger partial charge in [-0.25, -0.2) is 4.79 Å². The molecule has 120 valence electrons. The molecule has 1 fully saturated rings. The van der Waals surface area contributed by atoms with Crippen molar-refractivity contribution in [2.45, 2.75) is 31.7 Å². The van der Waals surface area contributed by atoms with Crippen LogP contribution in [0.5, 0.6) is 0 Å². The molecule has 0 saturated carbocycles. The van der Waals surface area contributed by atoms with Gasteiger partial charge in [0.15, 0.2) is 0 Å². The summed E-state index contributed by atoms with van der Waals surface area (Å²) in [5, 5.41) is 7.75. The zero-order valence-electron chi connectivity index (χ0n) is 12.9. The van der Waals surface area contributed by atoms with Crippen LogP contribution in [-0.4, -0.2) is 17.8 Å². The average molecular weight is 313 g/mol. The minimum atomic E-state index is -1.12. The summed E-state index contributed by atoms with van der Waals surface area (Å²) in [7, 11) is 0. The first-order valence-electron chi connectivity index (χ1n) is 7.69. The summed E-state index contributed by atoms with van der Waals surface area (Å²) in [6.45, 7) is 1.64. The molecule has 6 nitrogen and oxygen atoms in total. The van der Waals surface area contributed by atoms with Crippen LogP contribution in [0.25, 0.3) is 0 Å². The maximum Gasteiger partial charge on any atom is 0.322 e. The van der Waals surface area contributed by atoms with E-state index in [0.29, 0.717) is 11.3 Å². The van der Waals surface area contributed by atoms with Gasteiger partial charge in [0.25, 0.3) is 5.91 Å². The fraction of sp³-hybridized carbons (Fsp3) is 0.353. The monoisotopic (exact) mass is 313 g/mol. The van der Waals surface area contributed by atoms with Gasteiger partial charge in [-0.05, 0) is 43.9 Å². The Labute approximate surface area is 134 Å². The Morgan fingerprint density at radius 2 is 2.13 bits per heavy atom. The van der Waals surface area contributed by atoms with Crippen molar-refractivity contribution in [2.24, 2.45) is 5.92 Å². The quantitative estimate of drug-likeness (QED) is 0.589. The topological polar surface area (TPSA) is 87.3 Å². The number of hydrogen-bond donors (Lipinski definition) is 3. The number of amides is 4. The fourth-order valence-corrected chi connectivity index (χ4v) is 2.93. The number of rotatable bonds is 3. The summed E-state index contributed by atoms with van der Waals surface area (Å²) in [6, 6.07) is 6.50. The van der Waals surface area contributed by atoms with Crippen LogP contribution in [0.2, 0.25) is 0 Å². The highest BCUT2D eigenvalue weighted by molar-refractivity contribution is 6.07. The lowest BCUT2D eigenvalue weighted by molar-refractivity contribution is -0.123. The molecule has 0 radical (unpaired) electrons. The van der Waals surface area contributed by atoms with Gasteiger partial charge < -0.3 is 10.6 Å². The lowest BCUT2D eigenvalue weighted by Gasteiger charge is -2.22. The van der Waals surface area contributed by atoms with Crippen LogP contribution < -0.4 is 16.0 Å². The maximum atomic E-state index is 12.3. The Morgan fingerprint density at radius 3 is 2.78 bits per heavy atom. The second-order valence-electron chi connectivity index (χ2n) is 6.08. The predicted molar refractivity (Wildman–Crippen MR) is 85.6 cm³/mol. The number of imide groups is 1. The molecule has 4 amide bonds. The molecule has 3 rings (SSSR count). The number of anilines is 1. The van der Waals surface area contributed by atoms with E-state index in [1.807, 2.05) is 6.08 Å². The third-order valence-corrected chi connectivity index (χ3v) is 4.39. The fourth-order valence-electron chi connectivity index (χ4n) is 2.93. The van der Waals surface area contributed by atoms with Gasteiger partial charge >= 0.3 is 6.03 Å². The molecular weight excluding hydrogens is 294 g/mol. The number of benzene rings is 1. The van der Waals surface area contributed by atoms with Crippen LogP contribution in [0.3, 0.4) is 0 Å². The summed E-state index contributed by atoms with van der Waals surface area (Å²) >= 11 is 0. The average Bonchev–Trinajstić information content (AvgIpc) is 2.82. The minimum absolute atomic E-state index is 0.0171. The molecule has 1 aromatic carbocycles. The van der Waals surface area contributed by atoms with E-state index in [4.69, 9.17) is 0 Å². The molecule has 3 N–H and O–H groups in total. The van der Waals surface area contributed by atoms with Gasteiger partial charge in [-0.15, -0.1) is 0 Å². The third-order valence-electron chi connectivity index (χ3n) is 4.39. The van der Waals surface area contributed by atoms with Crippen molar-refractivity contribution in [3.05, 3.63) is 42.0 Å². The Bertz CT molecular complexity index is 698. The smallest absolute Gasteiger partial charge is 0.322 e. The first-order chi connectivity index (χ1) is 11.0. The van der Waals surface area contributed by atoms with Gasteiger partial charge in [0.05, 0.1) is 0 Å². The van der Waals surface area contributed by atoms with E-state index >= 15 is 0 Å². The van der Waals surface area contributed by atoms with Gasteiger partial charge in [-0.1, -0.05) is 24.3 Å². The van der Waals surface area contributed by atoms with E-state index in [9.17, 15) is 14.4 Å². The number of urea groups is 1. The summed E-state index contributed by atoms with van der Waals surface area (Å²) in [5.74, 6) is -0.436. The Balaban J connectivity index is 1.78. The molecule has 2 atom stereocenters. The van der Waals surface area contributed by atoms with Crippen LogP contribution >= 0.6 is 0 Å². The van der Waals surface area contributed by atoms with E-state index in [1.165, 1.54) is 0 Å².